The average Bonchev–Trinajstić information content (AvgIpc) is 3.36. The lowest BCUT2D eigenvalue weighted by atomic mass is 9.83. The monoisotopic (exact) mass is 400 g/mol. The van der Waals surface area contributed by atoms with Crippen molar-refractivity contribution in [2.24, 2.45) is 0 Å². The maximum absolute atomic E-state index is 13.3. The summed E-state index contributed by atoms with van der Waals surface area (Å²) in [6.45, 7) is 2.04. The second-order valence-corrected chi connectivity index (χ2v) is 8.66. The van der Waals surface area contributed by atoms with E-state index in [4.69, 9.17) is 4.74 Å². The number of rotatable bonds is 1. The number of hydrogen-bond donors (Lipinski definition) is 1. The third-order valence-corrected chi connectivity index (χ3v) is 7.17. The highest BCUT2D eigenvalue weighted by atomic mass is 16.5. The molecule has 0 unspecified atom stereocenters. The summed E-state index contributed by atoms with van der Waals surface area (Å²) < 4.78 is 6.37. The van der Waals surface area contributed by atoms with Crippen molar-refractivity contribution in [2.75, 3.05) is 19.7 Å². The smallest absolute Gasteiger partial charge is 0.254 e. The number of benzene rings is 2. The Morgan fingerprint density at radius 2 is 1.80 bits per heavy atom. The molecule has 3 aliphatic rings. The van der Waals surface area contributed by atoms with E-state index < -0.39 is 0 Å². The fraction of sp³-hybridized carbons (Fsp3) is 0.360. The molecule has 1 fully saturated rings. The van der Waals surface area contributed by atoms with Gasteiger partial charge in [0.25, 0.3) is 5.91 Å². The Morgan fingerprint density at radius 3 is 2.67 bits per heavy atom. The molecule has 1 aromatic heterocycles. The van der Waals surface area contributed by atoms with Gasteiger partial charge in [-0.25, -0.2) is 0 Å². The van der Waals surface area contributed by atoms with E-state index in [0.717, 1.165) is 42.5 Å². The van der Waals surface area contributed by atoms with E-state index >= 15 is 0 Å². The Morgan fingerprint density at radius 1 is 0.967 bits per heavy atom. The maximum atomic E-state index is 13.3. The Kier molecular flexibility index (Phi) is 3.90. The Balaban J connectivity index is 1.28. The van der Waals surface area contributed by atoms with Crippen LogP contribution in [-0.4, -0.2) is 41.3 Å². The van der Waals surface area contributed by atoms with Crippen LogP contribution in [0.3, 0.4) is 0 Å². The van der Waals surface area contributed by atoms with Gasteiger partial charge in [0.05, 0.1) is 12.3 Å². The minimum Gasteiger partial charge on any atom is -0.368 e. The second kappa shape index (κ2) is 6.54. The number of nitrogens with one attached hydrogen (secondary N) is 1. The average molecular weight is 400 g/mol. The van der Waals surface area contributed by atoms with E-state index in [1.54, 1.807) is 0 Å². The SMILES string of the molecule is O=C1CCc2c1cccc2C(=O)N1CCC2(CC1)OCCc1c2[nH]c2ccccc12. The van der Waals surface area contributed by atoms with E-state index in [-0.39, 0.29) is 17.3 Å². The summed E-state index contributed by atoms with van der Waals surface area (Å²) in [7, 11) is 0. The number of piperidine rings is 1. The number of Topliss-reactive ketones (excluding diaryl/α,β-unsaturated/α-hetero) is 1. The zero-order valence-corrected chi connectivity index (χ0v) is 16.9. The Labute approximate surface area is 175 Å². The molecule has 3 aromatic rings. The van der Waals surface area contributed by atoms with Crippen LogP contribution in [0.4, 0.5) is 0 Å². The molecule has 1 amide bonds. The molecule has 5 heteroatoms. The van der Waals surface area contributed by atoms with Gasteiger partial charge in [-0.2, -0.15) is 0 Å². The van der Waals surface area contributed by atoms with Crippen LogP contribution in [0.15, 0.2) is 42.5 Å². The first-order valence-electron chi connectivity index (χ1n) is 10.8. The van der Waals surface area contributed by atoms with Crippen molar-refractivity contribution in [1.82, 2.24) is 9.88 Å². The van der Waals surface area contributed by atoms with Crippen molar-refractivity contribution >= 4 is 22.6 Å². The van der Waals surface area contributed by atoms with Crippen molar-refractivity contribution in [3.63, 3.8) is 0 Å². The molecule has 1 spiro atoms. The number of fused-ring (bicyclic) bond motifs is 5. The number of H-pyrrole nitrogens is 1. The van der Waals surface area contributed by atoms with Gasteiger partial charge >= 0.3 is 0 Å². The number of ketones is 1. The van der Waals surface area contributed by atoms with E-state index in [2.05, 4.69) is 29.2 Å². The molecule has 2 aliphatic heterocycles. The fourth-order valence-electron chi connectivity index (χ4n) is 5.60. The predicted octanol–water partition coefficient (Wildman–Crippen LogP) is 4.00. The summed E-state index contributed by atoms with van der Waals surface area (Å²) in [6, 6.07) is 14.0. The minimum absolute atomic E-state index is 0.0454. The number of nitrogens with zero attached hydrogens (tertiary/aromatic N) is 1. The number of carbonyl (C=O) groups excluding carboxylic acids is 2. The number of hydrogen-bond acceptors (Lipinski definition) is 3. The summed E-state index contributed by atoms with van der Waals surface area (Å²) in [4.78, 5) is 30.9. The van der Waals surface area contributed by atoms with Gasteiger partial charge in [-0.1, -0.05) is 30.3 Å². The summed E-state index contributed by atoms with van der Waals surface area (Å²) in [5.74, 6) is 0.197. The van der Waals surface area contributed by atoms with Crippen molar-refractivity contribution in [1.29, 1.82) is 0 Å². The van der Waals surface area contributed by atoms with E-state index in [1.807, 2.05) is 23.1 Å². The lowest BCUT2D eigenvalue weighted by Gasteiger charge is -2.44. The number of aromatic amines is 1. The van der Waals surface area contributed by atoms with Crippen molar-refractivity contribution in [3.05, 3.63) is 70.4 Å². The first-order chi connectivity index (χ1) is 14.7. The molecule has 0 radical (unpaired) electrons. The zero-order valence-electron chi connectivity index (χ0n) is 16.9. The first kappa shape index (κ1) is 17.9. The van der Waals surface area contributed by atoms with Crippen molar-refractivity contribution in [2.45, 2.75) is 37.7 Å². The molecule has 5 nitrogen and oxygen atoms in total. The molecule has 0 bridgehead atoms. The zero-order chi connectivity index (χ0) is 20.3. The molecule has 1 aliphatic carbocycles. The molecule has 1 N–H and O–H groups in total. The number of para-hydroxylation sites is 1. The summed E-state index contributed by atoms with van der Waals surface area (Å²) in [6.07, 6.45) is 3.68. The number of likely N-dealkylation sites (tertiary alicyclic amines) is 1. The quantitative estimate of drug-likeness (QED) is 0.672. The van der Waals surface area contributed by atoms with Crippen molar-refractivity contribution < 1.29 is 14.3 Å². The van der Waals surface area contributed by atoms with Crippen LogP contribution in [0.5, 0.6) is 0 Å². The van der Waals surface area contributed by atoms with Gasteiger partial charge in [0.1, 0.15) is 5.60 Å². The van der Waals surface area contributed by atoms with Gasteiger partial charge in [-0.05, 0) is 48.9 Å². The van der Waals surface area contributed by atoms with Gasteiger partial charge in [0.15, 0.2) is 5.78 Å². The largest absolute Gasteiger partial charge is 0.368 e. The van der Waals surface area contributed by atoms with E-state index in [9.17, 15) is 9.59 Å². The molecule has 3 heterocycles. The van der Waals surface area contributed by atoms with E-state index in [0.29, 0.717) is 31.5 Å². The van der Waals surface area contributed by atoms with Gasteiger partial charge in [-0.15, -0.1) is 0 Å². The Hall–Kier alpha value is -2.92. The third kappa shape index (κ3) is 2.51. The molecule has 6 rings (SSSR count). The van der Waals surface area contributed by atoms with Crippen molar-refractivity contribution in [3.8, 4) is 0 Å². The van der Waals surface area contributed by atoms with Crippen LogP contribution in [0.25, 0.3) is 10.9 Å². The third-order valence-electron chi connectivity index (χ3n) is 7.17. The molecule has 0 saturated carbocycles. The maximum Gasteiger partial charge on any atom is 0.254 e. The fourth-order valence-corrected chi connectivity index (χ4v) is 5.60. The van der Waals surface area contributed by atoms with Gasteiger partial charge in [0.2, 0.25) is 0 Å². The number of aromatic nitrogens is 1. The minimum atomic E-state index is -0.335. The first-order valence-corrected chi connectivity index (χ1v) is 10.8. The van der Waals surface area contributed by atoms with Gasteiger partial charge in [0, 0.05) is 41.5 Å². The van der Waals surface area contributed by atoms with Crippen LogP contribution < -0.4 is 0 Å². The number of carbonyl (C=O) groups is 2. The van der Waals surface area contributed by atoms with Crippen LogP contribution in [0.1, 0.15) is 56.8 Å². The molecule has 1 saturated heterocycles. The second-order valence-electron chi connectivity index (χ2n) is 8.66. The standard InChI is InChI=1S/C25H24N2O3/c28-22-9-8-16-18(22)5-3-6-20(16)24(29)27-13-11-25(12-14-27)23-19(10-15-30-25)17-4-1-2-7-21(17)26-23/h1-7,26H,8-15H2. The summed E-state index contributed by atoms with van der Waals surface area (Å²) in [5, 5.41) is 1.29. The summed E-state index contributed by atoms with van der Waals surface area (Å²) in [5.41, 5.74) is 5.76. The van der Waals surface area contributed by atoms with Gasteiger partial charge < -0.3 is 14.6 Å². The molecular formula is C25H24N2O3. The lowest BCUT2D eigenvalue weighted by molar-refractivity contribution is -0.0957. The molecule has 2 aromatic carbocycles. The van der Waals surface area contributed by atoms with E-state index in [1.165, 1.54) is 16.6 Å². The van der Waals surface area contributed by atoms with Crippen LogP contribution in [0, 0.1) is 0 Å². The molecule has 30 heavy (non-hydrogen) atoms. The molecule has 152 valence electrons. The normalized spacial score (nSPS) is 19.9. The van der Waals surface area contributed by atoms with Gasteiger partial charge in [-0.3, -0.25) is 9.59 Å². The van der Waals surface area contributed by atoms with Crippen LogP contribution in [-0.2, 0) is 23.2 Å². The highest BCUT2D eigenvalue weighted by Crippen LogP contribution is 2.43. The highest BCUT2D eigenvalue weighted by molar-refractivity contribution is 6.05. The highest BCUT2D eigenvalue weighted by Gasteiger charge is 2.43. The molecule has 0 atom stereocenters. The summed E-state index contributed by atoms with van der Waals surface area (Å²) >= 11 is 0. The predicted molar refractivity (Wildman–Crippen MR) is 114 cm³/mol. The number of ether oxygens (including phenoxy) is 1. The molecular weight excluding hydrogens is 376 g/mol. The van der Waals surface area contributed by atoms with Crippen LogP contribution in [0.2, 0.25) is 0 Å². The Bertz CT molecular complexity index is 1180. The number of amides is 1. The van der Waals surface area contributed by atoms with Crippen LogP contribution >= 0.6 is 0 Å². The lowest BCUT2D eigenvalue weighted by Crippen LogP contribution is -2.48. The topological polar surface area (TPSA) is 62.4 Å².